The molecule has 23 heavy (non-hydrogen) atoms. The van der Waals surface area contributed by atoms with Gasteiger partial charge in [-0.25, -0.2) is 4.39 Å². The van der Waals surface area contributed by atoms with Crippen molar-refractivity contribution in [3.63, 3.8) is 0 Å². The molecular weight excluding hydrogens is 297 g/mol. The maximum atomic E-state index is 13.0. The Morgan fingerprint density at radius 2 is 1.74 bits per heavy atom. The molecule has 5 heteroatoms. The molecule has 1 aliphatic heterocycles. The van der Waals surface area contributed by atoms with Gasteiger partial charge in [-0.2, -0.15) is 0 Å². The van der Waals surface area contributed by atoms with Crippen LogP contribution in [0, 0.1) is 5.82 Å². The molecule has 2 aromatic rings. The highest BCUT2D eigenvalue weighted by atomic mass is 19.1. The summed E-state index contributed by atoms with van der Waals surface area (Å²) in [5, 5.41) is 2.87. The number of benzene rings is 2. The summed E-state index contributed by atoms with van der Waals surface area (Å²) in [5.74, 6) is -1.02. The Kier molecular flexibility index (Phi) is 4.48. The summed E-state index contributed by atoms with van der Waals surface area (Å²) in [7, 11) is 0. The molecule has 0 saturated carbocycles. The number of hydrogen-bond acceptors (Lipinski definition) is 3. The fraction of sp³-hybridized carbons (Fsp3) is 0.222. The molecule has 2 aromatic carbocycles. The summed E-state index contributed by atoms with van der Waals surface area (Å²) in [5.41, 5.74) is 0.958. The van der Waals surface area contributed by atoms with E-state index in [9.17, 15) is 14.0 Å². The van der Waals surface area contributed by atoms with E-state index in [0.717, 1.165) is 6.42 Å². The first-order chi connectivity index (χ1) is 11.1. The first-order valence-electron chi connectivity index (χ1n) is 7.43. The molecule has 0 spiro atoms. The molecule has 0 aromatic heterocycles. The van der Waals surface area contributed by atoms with E-state index < -0.39 is 5.82 Å². The number of halogens is 1. The van der Waals surface area contributed by atoms with Crippen molar-refractivity contribution in [1.82, 2.24) is 5.32 Å². The molecule has 1 fully saturated rings. The largest absolute Gasteiger partial charge is 0.379 e. The topological polar surface area (TPSA) is 55.4 Å². The fourth-order valence-corrected chi connectivity index (χ4v) is 2.55. The number of nitrogens with one attached hydrogen (secondary N) is 1. The van der Waals surface area contributed by atoms with Crippen molar-refractivity contribution >= 4 is 11.7 Å². The summed E-state index contributed by atoms with van der Waals surface area (Å²) in [6, 6.07) is 11.9. The molecule has 1 saturated heterocycles. The average molecular weight is 313 g/mol. The zero-order valence-electron chi connectivity index (χ0n) is 12.4. The second-order valence-corrected chi connectivity index (χ2v) is 5.42. The molecule has 0 unspecified atom stereocenters. The number of rotatable bonds is 4. The van der Waals surface area contributed by atoms with Gasteiger partial charge in [0, 0.05) is 17.7 Å². The lowest BCUT2D eigenvalue weighted by Crippen LogP contribution is -2.35. The molecule has 118 valence electrons. The zero-order chi connectivity index (χ0) is 16.2. The third-order valence-electron chi connectivity index (χ3n) is 3.79. The van der Waals surface area contributed by atoms with Crippen molar-refractivity contribution in [2.45, 2.75) is 12.5 Å². The van der Waals surface area contributed by atoms with Crippen molar-refractivity contribution in [1.29, 1.82) is 0 Å². The molecule has 1 atom stereocenters. The summed E-state index contributed by atoms with van der Waals surface area (Å²) in [6.07, 6.45) is 0.764. The van der Waals surface area contributed by atoms with Gasteiger partial charge in [-0.1, -0.05) is 18.2 Å². The van der Waals surface area contributed by atoms with E-state index in [1.165, 1.54) is 24.3 Å². The van der Waals surface area contributed by atoms with Crippen molar-refractivity contribution in [2.24, 2.45) is 0 Å². The standard InChI is InChI=1S/C18H16FNO3/c19-13-7-5-12(6-8-13)17(21)15-3-1-2-4-16(15)18(22)20-14-9-10-23-11-14/h1-8,14H,9-11H2,(H,20,22)/t14-/m0/s1. The van der Waals surface area contributed by atoms with Crippen LogP contribution in [0.2, 0.25) is 0 Å². The van der Waals surface area contributed by atoms with E-state index in [1.807, 2.05) is 0 Å². The Morgan fingerprint density at radius 1 is 1.04 bits per heavy atom. The number of carbonyl (C=O) groups is 2. The monoisotopic (exact) mass is 313 g/mol. The molecule has 0 radical (unpaired) electrons. The minimum Gasteiger partial charge on any atom is -0.379 e. The Morgan fingerprint density at radius 3 is 2.39 bits per heavy atom. The lowest BCUT2D eigenvalue weighted by atomic mass is 9.97. The Bertz CT molecular complexity index is 721. The van der Waals surface area contributed by atoms with Gasteiger partial charge in [-0.3, -0.25) is 9.59 Å². The molecule has 1 aliphatic rings. The van der Waals surface area contributed by atoms with Crippen LogP contribution in [0.1, 0.15) is 32.7 Å². The average Bonchev–Trinajstić information content (AvgIpc) is 3.08. The van der Waals surface area contributed by atoms with Crippen molar-refractivity contribution in [3.05, 3.63) is 71.0 Å². The highest BCUT2D eigenvalue weighted by Gasteiger charge is 2.22. The predicted octanol–water partition coefficient (Wildman–Crippen LogP) is 2.58. The van der Waals surface area contributed by atoms with Gasteiger partial charge in [-0.05, 0) is 36.8 Å². The van der Waals surface area contributed by atoms with Crippen LogP contribution in [0.3, 0.4) is 0 Å². The Balaban J connectivity index is 1.86. The third-order valence-corrected chi connectivity index (χ3v) is 3.79. The quantitative estimate of drug-likeness (QED) is 0.883. The summed E-state index contributed by atoms with van der Waals surface area (Å²) in [6.45, 7) is 1.11. The number of amides is 1. The van der Waals surface area contributed by atoms with Gasteiger partial charge >= 0.3 is 0 Å². The Hall–Kier alpha value is -2.53. The second kappa shape index (κ2) is 6.71. The SMILES string of the molecule is O=C(N[C@H]1CCOC1)c1ccccc1C(=O)c1ccc(F)cc1. The van der Waals surface area contributed by atoms with Gasteiger partial charge in [0.15, 0.2) is 5.78 Å². The smallest absolute Gasteiger partial charge is 0.252 e. The lowest BCUT2D eigenvalue weighted by Gasteiger charge is -2.13. The van der Waals surface area contributed by atoms with Crippen LogP contribution in [0.4, 0.5) is 4.39 Å². The molecule has 1 N–H and O–H groups in total. The highest BCUT2D eigenvalue weighted by molar-refractivity contribution is 6.15. The highest BCUT2D eigenvalue weighted by Crippen LogP contribution is 2.16. The summed E-state index contributed by atoms with van der Waals surface area (Å²) >= 11 is 0. The van der Waals surface area contributed by atoms with Crippen LogP contribution in [-0.4, -0.2) is 30.9 Å². The van der Waals surface area contributed by atoms with Crippen LogP contribution >= 0.6 is 0 Å². The number of hydrogen-bond donors (Lipinski definition) is 1. The molecule has 1 heterocycles. The maximum Gasteiger partial charge on any atom is 0.252 e. The molecule has 3 rings (SSSR count). The van der Waals surface area contributed by atoms with Crippen molar-refractivity contribution in [2.75, 3.05) is 13.2 Å². The van der Waals surface area contributed by atoms with E-state index in [1.54, 1.807) is 24.3 Å². The van der Waals surface area contributed by atoms with Gasteiger partial charge < -0.3 is 10.1 Å². The fourth-order valence-electron chi connectivity index (χ4n) is 2.55. The molecule has 0 aliphatic carbocycles. The van der Waals surface area contributed by atoms with Crippen LogP contribution in [0.5, 0.6) is 0 Å². The summed E-state index contributed by atoms with van der Waals surface area (Å²) in [4.78, 5) is 25.0. The predicted molar refractivity (Wildman–Crippen MR) is 83.0 cm³/mol. The number of ketones is 1. The molecule has 4 nitrogen and oxygen atoms in total. The van der Waals surface area contributed by atoms with Gasteiger partial charge in [-0.15, -0.1) is 0 Å². The van der Waals surface area contributed by atoms with Gasteiger partial charge in [0.25, 0.3) is 5.91 Å². The first kappa shape index (κ1) is 15.4. The third kappa shape index (κ3) is 3.46. The van der Waals surface area contributed by atoms with Crippen molar-refractivity contribution < 1.29 is 18.7 Å². The van der Waals surface area contributed by atoms with Gasteiger partial charge in [0.1, 0.15) is 5.82 Å². The van der Waals surface area contributed by atoms with Crippen LogP contribution < -0.4 is 5.32 Å². The van der Waals surface area contributed by atoms with E-state index in [2.05, 4.69) is 5.32 Å². The zero-order valence-corrected chi connectivity index (χ0v) is 12.4. The normalized spacial score (nSPS) is 17.0. The molecule has 1 amide bonds. The van der Waals surface area contributed by atoms with Gasteiger partial charge in [0.05, 0.1) is 18.2 Å². The van der Waals surface area contributed by atoms with Crippen LogP contribution in [0.25, 0.3) is 0 Å². The summed E-state index contributed by atoms with van der Waals surface area (Å²) < 4.78 is 18.2. The van der Waals surface area contributed by atoms with Gasteiger partial charge in [0.2, 0.25) is 0 Å². The van der Waals surface area contributed by atoms with E-state index >= 15 is 0 Å². The minimum atomic E-state index is -0.409. The van der Waals surface area contributed by atoms with Crippen molar-refractivity contribution in [3.8, 4) is 0 Å². The minimum absolute atomic E-state index is 0.0310. The van der Waals surface area contributed by atoms with E-state index in [4.69, 9.17) is 4.74 Å². The molecule has 0 bridgehead atoms. The van der Waals surface area contributed by atoms with E-state index in [-0.39, 0.29) is 17.7 Å². The van der Waals surface area contributed by atoms with E-state index in [0.29, 0.717) is 29.9 Å². The number of ether oxygens (including phenoxy) is 1. The Labute approximate surface area is 133 Å². The van der Waals surface area contributed by atoms with Crippen LogP contribution in [-0.2, 0) is 4.74 Å². The first-order valence-corrected chi connectivity index (χ1v) is 7.43. The number of carbonyl (C=O) groups excluding carboxylic acids is 2. The molecular formula is C18H16FNO3. The van der Waals surface area contributed by atoms with Crippen LogP contribution in [0.15, 0.2) is 48.5 Å². The second-order valence-electron chi connectivity index (χ2n) is 5.42. The lowest BCUT2D eigenvalue weighted by molar-refractivity contribution is 0.0920. The maximum absolute atomic E-state index is 13.0.